The molecule has 4 rings (SSSR count). The number of hydrogen-bond donors (Lipinski definition) is 2. The minimum absolute atomic E-state index is 0.0688. The van der Waals surface area contributed by atoms with Crippen LogP contribution in [-0.2, 0) is 19.1 Å². The van der Waals surface area contributed by atoms with Crippen LogP contribution in [0.2, 0.25) is 0 Å². The summed E-state index contributed by atoms with van der Waals surface area (Å²) in [6.07, 6.45) is 0. The van der Waals surface area contributed by atoms with Crippen LogP contribution in [0.1, 0.15) is 25.0 Å². The first-order valence-electron chi connectivity index (χ1n) is 10.2. The molecule has 0 bridgehead atoms. The van der Waals surface area contributed by atoms with Crippen LogP contribution in [-0.4, -0.2) is 49.4 Å². The number of amides is 2. The zero-order chi connectivity index (χ0) is 21.8. The molecule has 0 fully saturated rings. The third-order valence-corrected chi connectivity index (χ3v) is 5.05. The molecule has 2 aromatic rings. The van der Waals surface area contributed by atoms with Gasteiger partial charge in [-0.25, -0.2) is 9.98 Å². The number of benzene rings is 2. The van der Waals surface area contributed by atoms with Crippen LogP contribution in [0.25, 0.3) is 0 Å². The lowest BCUT2D eigenvalue weighted by Crippen LogP contribution is -2.30. The minimum Gasteiger partial charge on any atom is -0.475 e. The second kappa shape index (κ2) is 8.99. The lowest BCUT2D eigenvalue weighted by atomic mass is 10.1. The molecule has 2 aliphatic rings. The summed E-state index contributed by atoms with van der Waals surface area (Å²) in [6.45, 7) is 5.73. The van der Waals surface area contributed by atoms with Gasteiger partial charge in [-0.2, -0.15) is 0 Å². The Morgan fingerprint density at radius 3 is 2.00 bits per heavy atom. The van der Waals surface area contributed by atoms with E-state index in [1.54, 1.807) is 36.4 Å². The zero-order valence-electron chi connectivity index (χ0n) is 17.4. The smallest absolute Gasteiger partial charge is 0.314 e. The molecule has 31 heavy (non-hydrogen) atoms. The summed E-state index contributed by atoms with van der Waals surface area (Å²) >= 11 is 0. The Bertz CT molecular complexity index is 1060. The number of para-hydroxylation sites is 2. The van der Waals surface area contributed by atoms with Crippen molar-refractivity contribution in [2.45, 2.75) is 19.9 Å². The van der Waals surface area contributed by atoms with Crippen LogP contribution in [0.3, 0.4) is 0 Å². The number of rotatable bonds is 5. The highest BCUT2D eigenvalue weighted by Crippen LogP contribution is 2.23. The van der Waals surface area contributed by atoms with Crippen molar-refractivity contribution >= 4 is 35.0 Å². The van der Waals surface area contributed by atoms with E-state index in [0.717, 1.165) is 0 Å². The number of aliphatic imine (C=N–C) groups is 2. The summed E-state index contributed by atoms with van der Waals surface area (Å²) in [7, 11) is 0. The highest BCUT2D eigenvalue weighted by molar-refractivity contribution is 6.44. The van der Waals surface area contributed by atoms with Crippen molar-refractivity contribution in [2.24, 2.45) is 15.9 Å². The topological polar surface area (TPSA) is 101 Å². The number of nitrogens with zero attached hydrogens (tertiary/aromatic N) is 2. The molecule has 0 spiro atoms. The van der Waals surface area contributed by atoms with Crippen LogP contribution in [0.4, 0.5) is 11.4 Å². The number of carbonyl (C=O) groups is 2. The molecular formula is C23H24N4O4. The van der Waals surface area contributed by atoms with Crippen LogP contribution in [0.15, 0.2) is 58.5 Å². The van der Waals surface area contributed by atoms with Crippen LogP contribution in [0.5, 0.6) is 0 Å². The second-order valence-corrected chi connectivity index (χ2v) is 7.59. The van der Waals surface area contributed by atoms with E-state index in [-0.39, 0.29) is 6.04 Å². The predicted molar refractivity (Wildman–Crippen MR) is 119 cm³/mol. The van der Waals surface area contributed by atoms with Crippen molar-refractivity contribution in [3.8, 4) is 0 Å². The van der Waals surface area contributed by atoms with E-state index in [2.05, 4.69) is 34.5 Å². The molecule has 0 saturated carbocycles. The summed E-state index contributed by atoms with van der Waals surface area (Å²) in [5.74, 6) is -0.321. The molecule has 8 nitrogen and oxygen atoms in total. The quantitative estimate of drug-likeness (QED) is 0.726. The molecule has 2 N–H and O–H groups in total. The first kappa shape index (κ1) is 20.6. The van der Waals surface area contributed by atoms with Gasteiger partial charge in [0.15, 0.2) is 0 Å². The summed E-state index contributed by atoms with van der Waals surface area (Å²) < 4.78 is 11.2. The maximum atomic E-state index is 12.6. The zero-order valence-corrected chi connectivity index (χ0v) is 17.4. The molecule has 0 aliphatic carbocycles. The fourth-order valence-electron chi connectivity index (χ4n) is 3.29. The van der Waals surface area contributed by atoms with Gasteiger partial charge in [0.1, 0.15) is 13.2 Å². The van der Waals surface area contributed by atoms with Crippen LogP contribution in [0, 0.1) is 5.92 Å². The monoisotopic (exact) mass is 420 g/mol. The number of hydrogen-bond acceptors (Lipinski definition) is 6. The highest BCUT2D eigenvalue weighted by atomic mass is 16.5. The van der Waals surface area contributed by atoms with E-state index < -0.39 is 11.8 Å². The number of nitrogens with one attached hydrogen (secondary N) is 2. The largest absolute Gasteiger partial charge is 0.475 e. The van der Waals surface area contributed by atoms with Crippen molar-refractivity contribution in [1.29, 1.82) is 0 Å². The van der Waals surface area contributed by atoms with Crippen molar-refractivity contribution < 1.29 is 19.1 Å². The Hall–Kier alpha value is -3.68. The Balaban J connectivity index is 1.49. The molecule has 1 atom stereocenters. The number of ether oxygens (including phenoxy) is 2. The summed E-state index contributed by atoms with van der Waals surface area (Å²) in [5.41, 5.74) is 2.19. The molecule has 2 aromatic carbocycles. The average molecular weight is 420 g/mol. The number of anilines is 2. The lowest BCUT2D eigenvalue weighted by molar-refractivity contribution is -0.133. The Kier molecular flexibility index (Phi) is 5.97. The van der Waals surface area contributed by atoms with E-state index >= 15 is 0 Å². The molecule has 160 valence electrons. The molecule has 0 aromatic heterocycles. The van der Waals surface area contributed by atoms with Gasteiger partial charge in [-0.15, -0.1) is 0 Å². The van der Waals surface area contributed by atoms with E-state index in [1.807, 2.05) is 12.1 Å². The fourth-order valence-corrected chi connectivity index (χ4v) is 3.29. The summed E-state index contributed by atoms with van der Waals surface area (Å²) in [5, 5.41) is 5.31. The van der Waals surface area contributed by atoms with Gasteiger partial charge in [0, 0.05) is 0 Å². The standard InChI is InChI=1S/C23H24N4O4/c1-14(2)19-13-31-23(27-19)16-8-4-6-10-18(16)26-21(29)20(28)25-17-9-5-3-7-15(17)22-24-11-12-30-22/h3-10,14,19H,11-13H2,1-2H3,(H,25,28)(H,26,29). The fraction of sp³-hybridized carbons (Fsp3) is 0.304. The van der Waals surface area contributed by atoms with E-state index in [4.69, 9.17) is 9.47 Å². The van der Waals surface area contributed by atoms with Crippen LogP contribution >= 0.6 is 0 Å². The molecular weight excluding hydrogens is 396 g/mol. The minimum atomic E-state index is -0.796. The van der Waals surface area contributed by atoms with E-state index in [0.29, 0.717) is 60.0 Å². The first-order chi connectivity index (χ1) is 15.0. The van der Waals surface area contributed by atoms with Crippen molar-refractivity contribution in [2.75, 3.05) is 30.4 Å². The van der Waals surface area contributed by atoms with Gasteiger partial charge >= 0.3 is 11.8 Å². The molecule has 8 heteroatoms. The summed E-state index contributed by atoms with van der Waals surface area (Å²) in [6, 6.07) is 14.3. The highest BCUT2D eigenvalue weighted by Gasteiger charge is 2.25. The van der Waals surface area contributed by atoms with E-state index in [1.165, 1.54) is 0 Å². The Morgan fingerprint density at radius 1 is 0.903 bits per heavy atom. The van der Waals surface area contributed by atoms with Gasteiger partial charge in [-0.1, -0.05) is 38.1 Å². The van der Waals surface area contributed by atoms with Gasteiger partial charge in [0.2, 0.25) is 11.8 Å². The molecule has 0 saturated heterocycles. The maximum absolute atomic E-state index is 12.6. The first-order valence-corrected chi connectivity index (χ1v) is 10.2. The molecule has 1 unspecified atom stereocenters. The molecule has 2 aliphatic heterocycles. The SMILES string of the molecule is CC(C)C1COC(c2ccccc2NC(=O)C(=O)Nc2ccccc2C2=NCCO2)=N1. The summed E-state index contributed by atoms with van der Waals surface area (Å²) in [4.78, 5) is 34.1. The normalized spacial score (nSPS) is 17.5. The second-order valence-electron chi connectivity index (χ2n) is 7.59. The van der Waals surface area contributed by atoms with Crippen molar-refractivity contribution in [1.82, 2.24) is 0 Å². The third kappa shape index (κ3) is 4.58. The van der Waals surface area contributed by atoms with Crippen molar-refractivity contribution in [3.63, 3.8) is 0 Å². The molecule has 2 amide bonds. The third-order valence-electron chi connectivity index (χ3n) is 5.05. The van der Waals surface area contributed by atoms with Gasteiger partial charge < -0.3 is 20.1 Å². The van der Waals surface area contributed by atoms with E-state index in [9.17, 15) is 9.59 Å². The lowest BCUT2D eigenvalue weighted by Gasteiger charge is -2.12. The molecule has 0 radical (unpaired) electrons. The maximum Gasteiger partial charge on any atom is 0.314 e. The molecule has 2 heterocycles. The van der Waals surface area contributed by atoms with Crippen molar-refractivity contribution in [3.05, 3.63) is 59.7 Å². The predicted octanol–water partition coefficient (Wildman–Crippen LogP) is 2.84. The van der Waals surface area contributed by atoms with Gasteiger partial charge in [0.05, 0.1) is 35.1 Å². The Labute approximate surface area is 180 Å². The van der Waals surface area contributed by atoms with Gasteiger partial charge in [-0.3, -0.25) is 9.59 Å². The Morgan fingerprint density at radius 2 is 1.48 bits per heavy atom. The van der Waals surface area contributed by atoms with Gasteiger partial charge in [0.25, 0.3) is 0 Å². The van der Waals surface area contributed by atoms with Gasteiger partial charge in [-0.05, 0) is 30.2 Å². The van der Waals surface area contributed by atoms with Crippen LogP contribution < -0.4 is 10.6 Å². The average Bonchev–Trinajstić information content (AvgIpc) is 3.47. The number of carbonyl (C=O) groups excluding carboxylic acids is 2.